The number of benzene rings is 3. The zero-order valence-corrected chi connectivity index (χ0v) is 21.0. The first-order valence-electron chi connectivity index (χ1n) is 8.58. The van der Waals surface area contributed by atoms with Crippen LogP contribution in [-0.4, -0.2) is 16.6 Å². The van der Waals surface area contributed by atoms with Crippen molar-refractivity contribution >= 4 is 93.3 Å². The molecule has 0 saturated carbocycles. The Hall–Kier alpha value is -1.36. The van der Waals surface area contributed by atoms with Gasteiger partial charge >= 0.3 is 0 Å². The Balaban J connectivity index is 2.36. The molecular formula is C21H9Cl6O4P. The van der Waals surface area contributed by atoms with Crippen LogP contribution in [0, 0.1) is 0 Å². The molecule has 164 valence electrons. The maximum Gasteiger partial charge on any atom is 0.287 e. The highest BCUT2D eigenvalue weighted by Gasteiger charge is 2.51. The molecule has 32 heavy (non-hydrogen) atoms. The minimum absolute atomic E-state index is 0.209. The number of carbonyl (C=O) groups is 3. The smallest absolute Gasteiger partial charge is 0.287 e. The second kappa shape index (κ2) is 9.87. The van der Waals surface area contributed by atoms with Crippen LogP contribution in [0.25, 0.3) is 0 Å². The lowest BCUT2D eigenvalue weighted by atomic mass is 10.2. The summed E-state index contributed by atoms with van der Waals surface area (Å²) in [5.74, 6) is 0. The van der Waals surface area contributed by atoms with Gasteiger partial charge in [-0.15, -0.1) is 0 Å². The SMILES string of the molecule is O=C(c1c(Cl)cccc1Cl)P(=O)(C(=O)c1c(Cl)cccc1Cl)C(=O)c1c(Cl)cccc1Cl. The van der Waals surface area contributed by atoms with Crippen LogP contribution in [0.5, 0.6) is 0 Å². The van der Waals surface area contributed by atoms with Crippen LogP contribution in [0.15, 0.2) is 54.6 Å². The summed E-state index contributed by atoms with van der Waals surface area (Å²) in [5, 5.41) is -1.26. The molecule has 0 fully saturated rings. The molecule has 3 aromatic carbocycles. The quantitative estimate of drug-likeness (QED) is 0.279. The van der Waals surface area contributed by atoms with Gasteiger partial charge in [-0.3, -0.25) is 18.9 Å². The van der Waals surface area contributed by atoms with E-state index in [1.807, 2.05) is 0 Å². The van der Waals surface area contributed by atoms with E-state index in [-0.39, 0.29) is 30.1 Å². The van der Waals surface area contributed by atoms with Crippen LogP contribution >= 0.6 is 76.7 Å². The lowest BCUT2D eigenvalue weighted by Gasteiger charge is -2.18. The van der Waals surface area contributed by atoms with Gasteiger partial charge < -0.3 is 0 Å². The van der Waals surface area contributed by atoms with Crippen molar-refractivity contribution in [3.05, 3.63) is 101 Å². The second-order valence-electron chi connectivity index (χ2n) is 6.31. The molecule has 0 aliphatic rings. The van der Waals surface area contributed by atoms with Crippen LogP contribution in [0.1, 0.15) is 31.1 Å². The number of halogens is 6. The van der Waals surface area contributed by atoms with E-state index < -0.39 is 40.4 Å². The Kier molecular flexibility index (Phi) is 7.79. The molecule has 0 aromatic heterocycles. The average Bonchev–Trinajstić information content (AvgIpc) is 2.72. The molecule has 0 atom stereocenters. The third-order valence-electron chi connectivity index (χ3n) is 4.39. The van der Waals surface area contributed by atoms with Gasteiger partial charge in [0.05, 0.1) is 46.8 Å². The molecule has 0 heterocycles. The summed E-state index contributed by atoms with van der Waals surface area (Å²) in [6, 6.07) is 12.1. The molecule has 3 aromatic rings. The van der Waals surface area contributed by atoms with Crippen LogP contribution in [0.2, 0.25) is 30.1 Å². The van der Waals surface area contributed by atoms with Gasteiger partial charge in [0, 0.05) is 0 Å². The maximum absolute atomic E-state index is 14.2. The lowest BCUT2D eigenvalue weighted by Crippen LogP contribution is -2.20. The standard InChI is InChI=1S/C21H9Cl6O4P/c22-10-4-1-5-11(23)16(10)19(28)32(31,20(29)17-12(24)6-2-7-13(17)25)21(30)18-14(26)8-3-9-15(18)27/h1-9H. The number of carbonyl (C=O) groups excluding carboxylic acids is 3. The van der Waals surface area contributed by atoms with Gasteiger partial charge in [-0.2, -0.15) is 0 Å². The molecule has 0 aliphatic carbocycles. The van der Waals surface area contributed by atoms with Crippen molar-refractivity contribution < 1.29 is 18.9 Å². The molecule has 0 saturated heterocycles. The Bertz CT molecular complexity index is 1120. The van der Waals surface area contributed by atoms with E-state index in [1.54, 1.807) is 0 Å². The molecule has 3 rings (SSSR count). The van der Waals surface area contributed by atoms with E-state index in [4.69, 9.17) is 69.6 Å². The third-order valence-corrected chi connectivity index (χ3v) is 8.66. The fraction of sp³-hybridized carbons (Fsp3) is 0. The first-order valence-corrected chi connectivity index (χ1v) is 12.6. The Labute approximate surface area is 212 Å². The fourth-order valence-electron chi connectivity index (χ4n) is 2.86. The van der Waals surface area contributed by atoms with Gasteiger partial charge in [-0.25, -0.2) is 0 Å². The summed E-state index contributed by atoms with van der Waals surface area (Å²) in [6.45, 7) is 0. The zero-order valence-electron chi connectivity index (χ0n) is 15.5. The molecule has 4 nitrogen and oxygen atoms in total. The monoisotopic (exact) mass is 566 g/mol. The van der Waals surface area contributed by atoms with Gasteiger partial charge in [0.15, 0.2) is 0 Å². The zero-order chi connectivity index (χ0) is 23.8. The molecule has 0 unspecified atom stereocenters. The first kappa shape index (κ1) is 25.3. The van der Waals surface area contributed by atoms with Gasteiger partial charge in [0.2, 0.25) is 16.6 Å². The van der Waals surface area contributed by atoms with Crippen molar-refractivity contribution in [3.8, 4) is 0 Å². The minimum atomic E-state index is -5.24. The van der Waals surface area contributed by atoms with Gasteiger partial charge in [-0.05, 0) is 36.4 Å². The number of hydrogen-bond acceptors (Lipinski definition) is 4. The number of hydrogen-bond donors (Lipinski definition) is 0. The summed E-state index contributed by atoms with van der Waals surface area (Å²) in [6.07, 6.45) is 0. The molecule has 11 heteroatoms. The lowest BCUT2D eigenvalue weighted by molar-refractivity contribution is 0.100. The van der Waals surface area contributed by atoms with Gasteiger partial charge in [0.1, 0.15) is 0 Å². The van der Waals surface area contributed by atoms with E-state index in [0.29, 0.717) is 0 Å². The largest absolute Gasteiger partial charge is 0.298 e. The molecule has 0 amide bonds. The van der Waals surface area contributed by atoms with Crippen LogP contribution < -0.4 is 0 Å². The van der Waals surface area contributed by atoms with Crippen molar-refractivity contribution in [1.82, 2.24) is 0 Å². The Morgan fingerprint density at radius 1 is 0.469 bits per heavy atom. The highest BCUT2D eigenvalue weighted by Crippen LogP contribution is 2.58. The van der Waals surface area contributed by atoms with Crippen molar-refractivity contribution in [3.63, 3.8) is 0 Å². The normalized spacial score (nSPS) is 11.3. The molecule has 0 N–H and O–H groups in total. The Morgan fingerprint density at radius 3 is 0.844 bits per heavy atom. The summed E-state index contributed by atoms with van der Waals surface area (Å²) < 4.78 is 14.2. The van der Waals surface area contributed by atoms with Gasteiger partial charge in [0.25, 0.3) is 7.14 Å². The molecule has 0 spiro atoms. The molecular weight excluding hydrogens is 560 g/mol. The number of rotatable bonds is 6. The van der Waals surface area contributed by atoms with E-state index >= 15 is 0 Å². The predicted molar refractivity (Wildman–Crippen MR) is 130 cm³/mol. The second-order valence-corrected chi connectivity index (χ2v) is 11.2. The van der Waals surface area contributed by atoms with Crippen molar-refractivity contribution in [2.24, 2.45) is 0 Å². The van der Waals surface area contributed by atoms with Crippen molar-refractivity contribution in [2.45, 2.75) is 0 Å². The Morgan fingerprint density at radius 2 is 0.656 bits per heavy atom. The van der Waals surface area contributed by atoms with Gasteiger partial charge in [-0.1, -0.05) is 87.8 Å². The summed E-state index contributed by atoms with van der Waals surface area (Å²) >= 11 is 36.6. The molecule has 0 aliphatic heterocycles. The average molecular weight is 569 g/mol. The van der Waals surface area contributed by atoms with Crippen molar-refractivity contribution in [2.75, 3.05) is 0 Å². The van der Waals surface area contributed by atoms with Crippen LogP contribution in [-0.2, 0) is 4.57 Å². The summed E-state index contributed by atoms with van der Waals surface area (Å²) in [5.41, 5.74) is -5.58. The maximum atomic E-state index is 14.2. The van der Waals surface area contributed by atoms with E-state index in [9.17, 15) is 18.9 Å². The summed E-state index contributed by atoms with van der Waals surface area (Å²) in [4.78, 5) is 40.6. The summed E-state index contributed by atoms with van der Waals surface area (Å²) in [7, 11) is -5.24. The van der Waals surface area contributed by atoms with Crippen LogP contribution in [0.4, 0.5) is 0 Å². The highest BCUT2D eigenvalue weighted by molar-refractivity contribution is 8.08. The molecule has 0 bridgehead atoms. The van der Waals surface area contributed by atoms with E-state index in [2.05, 4.69) is 0 Å². The third kappa shape index (κ3) is 4.38. The van der Waals surface area contributed by atoms with E-state index in [1.165, 1.54) is 54.6 Å². The van der Waals surface area contributed by atoms with Crippen LogP contribution in [0.3, 0.4) is 0 Å². The predicted octanol–water partition coefficient (Wildman–Crippen LogP) is 8.79. The fourth-order valence-corrected chi connectivity index (χ4v) is 7.18. The minimum Gasteiger partial charge on any atom is -0.298 e. The topological polar surface area (TPSA) is 68.3 Å². The first-order chi connectivity index (χ1) is 15.0. The molecule has 0 radical (unpaired) electrons. The highest BCUT2D eigenvalue weighted by atomic mass is 35.5. The van der Waals surface area contributed by atoms with E-state index in [0.717, 1.165) is 0 Å². The van der Waals surface area contributed by atoms with Crippen molar-refractivity contribution in [1.29, 1.82) is 0 Å².